The normalized spacial score (nSPS) is 14.4. The molecule has 0 aliphatic carbocycles. The van der Waals surface area contributed by atoms with Crippen molar-refractivity contribution in [3.05, 3.63) is 40.6 Å². The summed E-state index contributed by atoms with van der Waals surface area (Å²) in [4.78, 5) is 49.9. The highest BCUT2D eigenvalue weighted by atomic mass is 19.4. The Morgan fingerprint density at radius 1 is 1.06 bits per heavy atom. The van der Waals surface area contributed by atoms with E-state index < -0.39 is 29.0 Å². The Bertz CT molecular complexity index is 1130. The number of nitrogens with zero attached hydrogens (tertiary/aromatic N) is 6. The van der Waals surface area contributed by atoms with Crippen LogP contribution in [0.25, 0.3) is 0 Å². The Morgan fingerprint density at radius 3 is 2.26 bits per heavy atom. The third-order valence-corrected chi connectivity index (χ3v) is 5.69. The number of aryl methyl sites for hydroxylation is 1. The van der Waals surface area contributed by atoms with Crippen LogP contribution >= 0.6 is 0 Å². The minimum atomic E-state index is -4.65. The summed E-state index contributed by atoms with van der Waals surface area (Å²) in [6, 6.07) is -0.537. The van der Waals surface area contributed by atoms with E-state index in [1.54, 1.807) is 20.3 Å². The van der Waals surface area contributed by atoms with E-state index >= 15 is 0 Å². The molecule has 3 rings (SSSR count). The van der Waals surface area contributed by atoms with E-state index in [0.717, 1.165) is 4.57 Å². The molecule has 2 aromatic rings. The van der Waals surface area contributed by atoms with E-state index in [4.69, 9.17) is 0 Å². The molecule has 190 valence electrons. The van der Waals surface area contributed by atoms with Crippen molar-refractivity contribution in [3.63, 3.8) is 0 Å². The van der Waals surface area contributed by atoms with Crippen LogP contribution in [0.5, 0.6) is 0 Å². The van der Waals surface area contributed by atoms with Gasteiger partial charge in [0.25, 0.3) is 5.56 Å². The quantitative estimate of drug-likeness (QED) is 0.672. The number of hydrogen-bond donors (Lipinski definition) is 2. The summed E-state index contributed by atoms with van der Waals surface area (Å²) < 4.78 is 40.0. The summed E-state index contributed by atoms with van der Waals surface area (Å²) in [5.41, 5.74) is -2.20. The highest BCUT2D eigenvalue weighted by Gasteiger charge is 2.33. The first-order chi connectivity index (χ1) is 16.4. The average Bonchev–Trinajstić information content (AvgIpc) is 2.81. The van der Waals surface area contributed by atoms with Gasteiger partial charge in [-0.15, -0.1) is 0 Å². The Balaban J connectivity index is 1.59. The lowest BCUT2D eigenvalue weighted by molar-refractivity contribution is -0.138. The summed E-state index contributed by atoms with van der Waals surface area (Å²) >= 11 is 0. The Hall–Kier alpha value is -3.84. The van der Waals surface area contributed by atoms with E-state index in [1.165, 1.54) is 30.1 Å². The molecule has 1 aliphatic rings. The number of carbonyl (C=O) groups is 2. The van der Waals surface area contributed by atoms with E-state index in [1.807, 2.05) is 4.90 Å². The summed E-state index contributed by atoms with van der Waals surface area (Å²) in [6.45, 7) is 1.12. The number of anilines is 3. The lowest BCUT2D eigenvalue weighted by Gasteiger charge is -2.37. The molecule has 0 atom stereocenters. The molecular formula is C21H27F3N8O3. The van der Waals surface area contributed by atoms with Gasteiger partial charge in [0.05, 0.1) is 18.0 Å². The first kappa shape index (κ1) is 25.8. The SMILES string of the molecule is CN(C)C(=O)Nc1cnc(N2CCC(N(C)C(=O)Nc3cc(C(F)(F)F)cn(C)c3=O)CC2)cn1. The monoisotopic (exact) mass is 496 g/mol. The van der Waals surface area contributed by atoms with E-state index in [9.17, 15) is 27.6 Å². The number of pyridine rings is 1. The fraction of sp³-hybridized carbons (Fsp3) is 0.476. The molecule has 1 aliphatic heterocycles. The predicted octanol–water partition coefficient (Wildman–Crippen LogP) is 2.42. The highest BCUT2D eigenvalue weighted by Crippen LogP contribution is 2.29. The van der Waals surface area contributed by atoms with Crippen LogP contribution in [0.15, 0.2) is 29.5 Å². The molecule has 0 unspecified atom stereocenters. The average molecular weight is 496 g/mol. The summed E-state index contributed by atoms with van der Waals surface area (Å²) in [5.74, 6) is 0.936. The molecule has 0 radical (unpaired) electrons. The minimum absolute atomic E-state index is 0.187. The van der Waals surface area contributed by atoms with Gasteiger partial charge in [-0.25, -0.2) is 19.6 Å². The van der Waals surface area contributed by atoms with Crippen LogP contribution in [0.3, 0.4) is 0 Å². The molecule has 0 saturated carbocycles. The van der Waals surface area contributed by atoms with Gasteiger partial charge in [0, 0.05) is 53.5 Å². The first-order valence-electron chi connectivity index (χ1n) is 10.7. The molecule has 11 nitrogen and oxygen atoms in total. The maximum atomic E-state index is 13.1. The molecule has 2 N–H and O–H groups in total. The second kappa shape index (κ2) is 10.2. The predicted molar refractivity (Wildman–Crippen MR) is 123 cm³/mol. The van der Waals surface area contributed by atoms with Gasteiger partial charge >= 0.3 is 18.2 Å². The maximum absolute atomic E-state index is 13.1. The molecule has 0 spiro atoms. The van der Waals surface area contributed by atoms with Gasteiger partial charge in [-0.2, -0.15) is 13.2 Å². The molecule has 3 heterocycles. The van der Waals surface area contributed by atoms with Crippen LogP contribution in [0.4, 0.5) is 40.1 Å². The van der Waals surface area contributed by atoms with Gasteiger partial charge < -0.3 is 24.6 Å². The summed E-state index contributed by atoms with van der Waals surface area (Å²) in [6.07, 6.45) is 0.186. The van der Waals surface area contributed by atoms with Gasteiger partial charge in [-0.3, -0.25) is 10.1 Å². The first-order valence-corrected chi connectivity index (χ1v) is 10.7. The minimum Gasteiger partial charge on any atom is -0.355 e. The molecule has 4 amide bonds. The van der Waals surface area contributed by atoms with E-state index in [2.05, 4.69) is 20.6 Å². The lowest BCUT2D eigenvalue weighted by atomic mass is 10.0. The van der Waals surface area contributed by atoms with Crippen LogP contribution in [-0.4, -0.2) is 76.7 Å². The van der Waals surface area contributed by atoms with E-state index in [-0.39, 0.29) is 12.1 Å². The highest BCUT2D eigenvalue weighted by molar-refractivity contribution is 5.89. The maximum Gasteiger partial charge on any atom is 0.417 e. The zero-order valence-corrected chi connectivity index (χ0v) is 19.8. The van der Waals surface area contributed by atoms with Gasteiger partial charge in [0.1, 0.15) is 11.5 Å². The standard InChI is InChI=1S/C21H27F3N8O3/c1-29(2)19(34)28-16-10-26-17(11-25-16)32-7-5-14(6-8-32)31(4)20(35)27-15-9-13(21(22,23)24)12-30(3)18(15)33/h9-12,14H,5-8H2,1-4H3,(H,27,35)(H,25,28,34). The van der Waals surface area contributed by atoms with Crippen molar-refractivity contribution in [2.24, 2.45) is 7.05 Å². The molecule has 2 aromatic heterocycles. The Labute approximate surface area is 199 Å². The number of carbonyl (C=O) groups excluding carboxylic acids is 2. The molecule has 1 fully saturated rings. The van der Waals surface area contributed by atoms with Crippen LogP contribution < -0.4 is 21.1 Å². The molecule has 0 bridgehead atoms. The van der Waals surface area contributed by atoms with Crippen molar-refractivity contribution >= 4 is 29.4 Å². The van der Waals surface area contributed by atoms with Crippen molar-refractivity contribution in [2.75, 3.05) is 49.8 Å². The smallest absolute Gasteiger partial charge is 0.355 e. The second-order valence-electron chi connectivity index (χ2n) is 8.40. The Kier molecular flexibility index (Phi) is 7.51. The molecule has 35 heavy (non-hydrogen) atoms. The number of hydrogen-bond acceptors (Lipinski definition) is 6. The number of rotatable bonds is 4. The van der Waals surface area contributed by atoms with Gasteiger partial charge in [-0.05, 0) is 18.9 Å². The van der Waals surface area contributed by atoms with Gasteiger partial charge in [-0.1, -0.05) is 0 Å². The van der Waals surface area contributed by atoms with Crippen LogP contribution in [0.2, 0.25) is 0 Å². The van der Waals surface area contributed by atoms with Crippen molar-refractivity contribution < 1.29 is 22.8 Å². The van der Waals surface area contributed by atoms with Crippen LogP contribution in [-0.2, 0) is 13.2 Å². The fourth-order valence-corrected chi connectivity index (χ4v) is 3.58. The molecule has 1 saturated heterocycles. The number of amides is 4. The lowest BCUT2D eigenvalue weighted by Crippen LogP contribution is -2.47. The van der Waals surface area contributed by atoms with Gasteiger partial charge in [0.2, 0.25) is 0 Å². The largest absolute Gasteiger partial charge is 0.417 e. The fourth-order valence-electron chi connectivity index (χ4n) is 3.58. The summed E-state index contributed by atoms with van der Waals surface area (Å²) in [5, 5.41) is 4.92. The topological polar surface area (TPSA) is 116 Å². The number of alkyl halides is 3. The molecule has 0 aromatic carbocycles. The van der Waals surface area contributed by atoms with Crippen molar-refractivity contribution in [1.82, 2.24) is 24.3 Å². The zero-order chi connectivity index (χ0) is 25.9. The van der Waals surface area contributed by atoms with Crippen molar-refractivity contribution in [3.8, 4) is 0 Å². The number of halogens is 3. The Morgan fingerprint density at radius 2 is 1.71 bits per heavy atom. The van der Waals surface area contributed by atoms with Crippen molar-refractivity contribution in [2.45, 2.75) is 25.1 Å². The molecular weight excluding hydrogens is 469 g/mol. The van der Waals surface area contributed by atoms with Gasteiger partial charge in [0.15, 0.2) is 5.82 Å². The van der Waals surface area contributed by atoms with Crippen LogP contribution in [0.1, 0.15) is 18.4 Å². The second-order valence-corrected chi connectivity index (χ2v) is 8.40. The van der Waals surface area contributed by atoms with Crippen LogP contribution in [0, 0.1) is 0 Å². The van der Waals surface area contributed by atoms with E-state index in [0.29, 0.717) is 49.8 Å². The molecule has 14 heteroatoms. The third-order valence-electron chi connectivity index (χ3n) is 5.69. The number of nitrogens with one attached hydrogen (secondary N) is 2. The number of urea groups is 2. The number of piperidine rings is 1. The summed E-state index contributed by atoms with van der Waals surface area (Å²) in [7, 11) is 5.95. The zero-order valence-electron chi connectivity index (χ0n) is 19.8. The third kappa shape index (κ3) is 6.19. The van der Waals surface area contributed by atoms with Crippen molar-refractivity contribution in [1.29, 1.82) is 0 Å². The number of aromatic nitrogens is 3.